The van der Waals surface area contributed by atoms with E-state index in [9.17, 15) is 9.59 Å². The van der Waals surface area contributed by atoms with Crippen LogP contribution in [-0.2, 0) is 10.3 Å². The first-order valence-corrected chi connectivity index (χ1v) is 10.9. The third-order valence-corrected chi connectivity index (χ3v) is 6.19. The lowest BCUT2D eigenvalue weighted by molar-refractivity contribution is 0.00905. The number of esters is 1. The van der Waals surface area contributed by atoms with Gasteiger partial charge in [0.05, 0.1) is 12.1 Å². The number of amides is 1. The minimum Gasteiger partial charge on any atom is -0.472 e. The molecule has 2 unspecified atom stereocenters. The molecule has 1 amide bonds. The number of hydrogen-bond donors (Lipinski definition) is 0. The monoisotopic (exact) mass is 448 g/mol. The van der Waals surface area contributed by atoms with Crippen LogP contribution in [0.15, 0.2) is 42.9 Å². The van der Waals surface area contributed by atoms with Crippen LogP contribution in [0.1, 0.15) is 59.9 Å². The molecule has 5 rings (SSSR count). The van der Waals surface area contributed by atoms with Crippen LogP contribution in [0.5, 0.6) is 5.88 Å². The Morgan fingerprint density at radius 1 is 1.21 bits per heavy atom. The second-order valence-electron chi connectivity index (χ2n) is 8.80. The van der Waals surface area contributed by atoms with Gasteiger partial charge in [-0.25, -0.2) is 9.78 Å². The molecule has 33 heavy (non-hydrogen) atoms. The van der Waals surface area contributed by atoms with Crippen LogP contribution in [0.4, 0.5) is 0 Å². The first-order valence-electron chi connectivity index (χ1n) is 10.9. The maximum absolute atomic E-state index is 13.5. The van der Waals surface area contributed by atoms with Gasteiger partial charge in [-0.2, -0.15) is 0 Å². The number of para-hydroxylation sites is 1. The fourth-order valence-corrected chi connectivity index (χ4v) is 4.44. The second kappa shape index (κ2) is 7.95. The van der Waals surface area contributed by atoms with Gasteiger partial charge in [-0.05, 0) is 57.0 Å². The Hall–Kier alpha value is -3.82. The summed E-state index contributed by atoms with van der Waals surface area (Å²) in [5, 5.41) is 11.7. The van der Waals surface area contributed by atoms with Gasteiger partial charge in [-0.1, -0.05) is 12.1 Å². The fourth-order valence-electron chi connectivity index (χ4n) is 4.44. The molecular formula is C23H24N6O4. The molecule has 2 atom stereocenters. The Labute approximate surface area is 190 Å². The van der Waals surface area contributed by atoms with Gasteiger partial charge in [0.25, 0.3) is 5.91 Å². The van der Waals surface area contributed by atoms with Crippen molar-refractivity contribution in [3.8, 4) is 11.6 Å². The van der Waals surface area contributed by atoms with Crippen molar-refractivity contribution in [2.45, 2.75) is 51.4 Å². The van der Waals surface area contributed by atoms with Gasteiger partial charge < -0.3 is 14.4 Å². The van der Waals surface area contributed by atoms with Crippen molar-refractivity contribution >= 4 is 11.9 Å². The SMILES string of the molecule is CC1CCC(Oc2nccc3c2C(=O)OC3(C)C)CN1C(=O)c1ccccc1-n1ncnn1. The zero-order chi connectivity index (χ0) is 23.2. The van der Waals surface area contributed by atoms with Gasteiger partial charge in [0.15, 0.2) is 6.33 Å². The van der Waals surface area contributed by atoms with Gasteiger partial charge >= 0.3 is 5.97 Å². The molecule has 1 fully saturated rings. The number of piperidine rings is 1. The summed E-state index contributed by atoms with van der Waals surface area (Å²) in [5.74, 6) is -0.331. The van der Waals surface area contributed by atoms with Gasteiger partial charge in [0, 0.05) is 17.8 Å². The predicted molar refractivity (Wildman–Crippen MR) is 116 cm³/mol. The van der Waals surface area contributed by atoms with Crippen LogP contribution in [0, 0.1) is 0 Å². The largest absolute Gasteiger partial charge is 0.472 e. The highest BCUT2D eigenvalue weighted by atomic mass is 16.6. The third kappa shape index (κ3) is 3.71. The Morgan fingerprint density at radius 3 is 2.82 bits per heavy atom. The first-order chi connectivity index (χ1) is 15.8. The number of aromatic nitrogens is 5. The standard InChI is InChI=1S/C23H24N6O4/c1-14-8-9-15(32-20-19-17(10-11-24-20)23(2,3)33-22(19)31)12-28(14)21(30)16-6-4-5-7-18(16)29-26-13-25-27-29/h4-7,10-11,13-15H,8-9,12H2,1-3H3. The van der Waals surface area contributed by atoms with E-state index in [1.807, 2.05) is 26.8 Å². The predicted octanol–water partition coefficient (Wildman–Crippen LogP) is 2.53. The lowest BCUT2D eigenvalue weighted by atomic mass is 9.97. The molecule has 0 radical (unpaired) electrons. The average molecular weight is 448 g/mol. The molecule has 170 valence electrons. The molecule has 2 aliphatic heterocycles. The Kier molecular flexibility index (Phi) is 5.07. The number of tetrazole rings is 1. The molecule has 10 heteroatoms. The van der Waals surface area contributed by atoms with E-state index in [4.69, 9.17) is 9.47 Å². The summed E-state index contributed by atoms with van der Waals surface area (Å²) >= 11 is 0. The van der Waals surface area contributed by atoms with Crippen molar-refractivity contribution in [2.75, 3.05) is 6.54 Å². The van der Waals surface area contributed by atoms with Crippen molar-refractivity contribution in [3.05, 3.63) is 59.5 Å². The van der Waals surface area contributed by atoms with E-state index in [2.05, 4.69) is 20.4 Å². The quantitative estimate of drug-likeness (QED) is 0.560. The van der Waals surface area contributed by atoms with Crippen LogP contribution in [-0.4, -0.2) is 60.7 Å². The Balaban J connectivity index is 1.40. The van der Waals surface area contributed by atoms with Crippen LogP contribution in [0.2, 0.25) is 0 Å². The number of likely N-dealkylation sites (tertiary alicyclic amines) is 1. The molecule has 2 aromatic heterocycles. The van der Waals surface area contributed by atoms with E-state index >= 15 is 0 Å². The van der Waals surface area contributed by atoms with Crippen molar-refractivity contribution < 1.29 is 19.1 Å². The normalized spacial score (nSPS) is 21.4. The summed E-state index contributed by atoms with van der Waals surface area (Å²) in [5.41, 5.74) is 1.43. The maximum Gasteiger partial charge on any atom is 0.344 e. The zero-order valence-corrected chi connectivity index (χ0v) is 18.6. The summed E-state index contributed by atoms with van der Waals surface area (Å²) in [4.78, 5) is 33.4. The molecule has 10 nitrogen and oxygen atoms in total. The highest BCUT2D eigenvalue weighted by molar-refractivity contribution is 5.98. The molecule has 0 aliphatic carbocycles. The number of ether oxygens (including phenoxy) is 2. The minimum absolute atomic E-state index is 0.0208. The Morgan fingerprint density at radius 2 is 2.03 bits per heavy atom. The third-order valence-electron chi connectivity index (χ3n) is 6.19. The second-order valence-corrected chi connectivity index (χ2v) is 8.80. The van der Waals surface area contributed by atoms with E-state index < -0.39 is 11.6 Å². The summed E-state index contributed by atoms with van der Waals surface area (Å²) < 4.78 is 11.7. The number of cyclic esters (lactones) is 1. The molecule has 3 aromatic rings. The molecule has 0 N–H and O–H groups in total. The zero-order valence-electron chi connectivity index (χ0n) is 18.6. The van der Waals surface area contributed by atoms with Crippen LogP contribution in [0.25, 0.3) is 5.69 Å². The number of carbonyl (C=O) groups is 2. The number of rotatable bonds is 4. The molecule has 1 saturated heterocycles. The van der Waals surface area contributed by atoms with E-state index in [1.165, 1.54) is 11.1 Å². The number of benzene rings is 1. The first kappa shape index (κ1) is 21.0. The summed E-state index contributed by atoms with van der Waals surface area (Å²) in [7, 11) is 0. The number of pyridine rings is 1. The van der Waals surface area contributed by atoms with Crippen LogP contribution in [0.3, 0.4) is 0 Å². The topological polar surface area (TPSA) is 112 Å². The van der Waals surface area contributed by atoms with Crippen LogP contribution >= 0.6 is 0 Å². The van der Waals surface area contributed by atoms with Crippen molar-refractivity contribution in [1.82, 2.24) is 30.1 Å². The van der Waals surface area contributed by atoms with Gasteiger partial charge in [0.1, 0.15) is 23.0 Å². The molecule has 4 heterocycles. The molecule has 1 aromatic carbocycles. The summed E-state index contributed by atoms with van der Waals surface area (Å²) in [6.45, 7) is 6.06. The summed E-state index contributed by atoms with van der Waals surface area (Å²) in [6.07, 6.45) is 4.13. The summed E-state index contributed by atoms with van der Waals surface area (Å²) in [6, 6.07) is 8.96. The Bertz CT molecular complexity index is 1210. The number of carbonyl (C=O) groups excluding carboxylic acids is 2. The van der Waals surface area contributed by atoms with Gasteiger partial charge in [-0.15, -0.1) is 15.0 Å². The van der Waals surface area contributed by atoms with E-state index in [-0.39, 0.29) is 23.9 Å². The number of nitrogens with zero attached hydrogens (tertiary/aromatic N) is 6. The average Bonchev–Trinajstić information content (AvgIpc) is 3.41. The lowest BCUT2D eigenvalue weighted by Crippen LogP contribution is -2.49. The maximum atomic E-state index is 13.5. The van der Waals surface area contributed by atoms with E-state index in [0.717, 1.165) is 18.4 Å². The lowest BCUT2D eigenvalue weighted by Gasteiger charge is -2.38. The number of fused-ring (bicyclic) bond motifs is 1. The van der Waals surface area contributed by atoms with Gasteiger partial charge in [0.2, 0.25) is 5.88 Å². The molecular weight excluding hydrogens is 424 g/mol. The number of hydrogen-bond acceptors (Lipinski definition) is 8. The van der Waals surface area contributed by atoms with Crippen molar-refractivity contribution in [3.63, 3.8) is 0 Å². The molecule has 2 aliphatic rings. The van der Waals surface area contributed by atoms with E-state index in [1.54, 1.807) is 35.4 Å². The highest BCUT2D eigenvalue weighted by Crippen LogP contribution is 2.39. The van der Waals surface area contributed by atoms with Crippen LogP contribution < -0.4 is 4.74 Å². The van der Waals surface area contributed by atoms with Crippen molar-refractivity contribution in [2.24, 2.45) is 0 Å². The van der Waals surface area contributed by atoms with E-state index in [0.29, 0.717) is 23.4 Å². The highest BCUT2D eigenvalue weighted by Gasteiger charge is 2.41. The minimum atomic E-state index is -0.727. The molecule has 0 spiro atoms. The fraction of sp³-hybridized carbons (Fsp3) is 0.391. The molecule has 0 saturated carbocycles. The molecule has 0 bridgehead atoms. The smallest absolute Gasteiger partial charge is 0.344 e. The van der Waals surface area contributed by atoms with Gasteiger partial charge in [-0.3, -0.25) is 4.79 Å². The van der Waals surface area contributed by atoms with Crippen molar-refractivity contribution in [1.29, 1.82) is 0 Å².